The van der Waals surface area contributed by atoms with Gasteiger partial charge in [-0.25, -0.2) is 8.42 Å². The van der Waals surface area contributed by atoms with Crippen LogP contribution in [0.4, 0.5) is 0 Å². The van der Waals surface area contributed by atoms with Crippen LogP contribution in [0.15, 0.2) is 42.5 Å². The third-order valence-corrected chi connectivity index (χ3v) is 5.65. The quantitative estimate of drug-likeness (QED) is 0.935. The molecular formula is C18H23NO3S. The van der Waals surface area contributed by atoms with Crippen molar-refractivity contribution < 1.29 is 13.2 Å². The summed E-state index contributed by atoms with van der Waals surface area (Å²) >= 11 is 0. The summed E-state index contributed by atoms with van der Waals surface area (Å²) in [4.78, 5) is 12.2. The van der Waals surface area contributed by atoms with Crippen molar-refractivity contribution in [2.45, 2.75) is 44.2 Å². The molecule has 1 unspecified atom stereocenters. The first-order valence-electron chi connectivity index (χ1n) is 7.60. The van der Waals surface area contributed by atoms with Crippen LogP contribution in [0.5, 0.6) is 0 Å². The van der Waals surface area contributed by atoms with Crippen LogP contribution < -0.4 is 5.32 Å². The Kier molecular flexibility index (Phi) is 4.80. The normalized spacial score (nSPS) is 13.7. The number of sulfone groups is 1. The predicted octanol–water partition coefficient (Wildman–Crippen LogP) is 3.06. The molecule has 0 spiro atoms. The molecule has 4 nitrogen and oxygen atoms in total. The summed E-state index contributed by atoms with van der Waals surface area (Å²) in [6.45, 7) is 6.93. The maximum Gasteiger partial charge on any atom is 0.238 e. The Labute approximate surface area is 137 Å². The average Bonchev–Trinajstić information content (AvgIpc) is 2.44. The average molecular weight is 333 g/mol. The fourth-order valence-corrected chi connectivity index (χ4v) is 3.71. The van der Waals surface area contributed by atoms with Crippen LogP contribution in [0.2, 0.25) is 0 Å². The number of amides is 1. The lowest BCUT2D eigenvalue weighted by molar-refractivity contribution is -0.121. The van der Waals surface area contributed by atoms with Gasteiger partial charge in [0.05, 0.1) is 5.75 Å². The lowest BCUT2D eigenvalue weighted by Crippen LogP contribution is -2.47. The second-order valence-corrected chi connectivity index (χ2v) is 9.15. The topological polar surface area (TPSA) is 63.2 Å². The molecule has 1 N–H and O–H groups in total. The monoisotopic (exact) mass is 333 g/mol. The predicted molar refractivity (Wildman–Crippen MR) is 93.9 cm³/mol. The molecule has 0 saturated carbocycles. The maximum atomic E-state index is 12.6. The standard InChI is InChI=1S/C18H23NO3S/c1-13(17(20)19-18(2,3)4)23(21,22)12-15-10-7-9-14-8-5-6-11-16(14)15/h5-11,13H,12H2,1-4H3,(H,19,20). The number of fused-ring (bicyclic) bond motifs is 1. The van der Waals surface area contributed by atoms with Gasteiger partial charge >= 0.3 is 0 Å². The van der Waals surface area contributed by atoms with Gasteiger partial charge in [-0.3, -0.25) is 4.79 Å². The first-order valence-corrected chi connectivity index (χ1v) is 9.32. The van der Waals surface area contributed by atoms with Crippen molar-refractivity contribution in [3.63, 3.8) is 0 Å². The van der Waals surface area contributed by atoms with E-state index in [1.165, 1.54) is 6.92 Å². The largest absolute Gasteiger partial charge is 0.350 e. The minimum Gasteiger partial charge on any atom is -0.350 e. The van der Waals surface area contributed by atoms with Crippen LogP contribution in [0, 0.1) is 0 Å². The summed E-state index contributed by atoms with van der Waals surface area (Å²) in [6, 6.07) is 13.2. The molecule has 0 aliphatic heterocycles. The van der Waals surface area contributed by atoms with Gasteiger partial charge in [0.15, 0.2) is 9.84 Å². The summed E-state index contributed by atoms with van der Waals surface area (Å²) in [6.07, 6.45) is 0. The van der Waals surface area contributed by atoms with Crippen LogP contribution >= 0.6 is 0 Å². The number of hydrogen-bond donors (Lipinski definition) is 1. The molecule has 1 amide bonds. The van der Waals surface area contributed by atoms with Gasteiger partial charge in [-0.05, 0) is 44.0 Å². The van der Waals surface area contributed by atoms with Crippen molar-refractivity contribution in [1.29, 1.82) is 0 Å². The van der Waals surface area contributed by atoms with Gasteiger partial charge in [-0.15, -0.1) is 0 Å². The SMILES string of the molecule is CC(C(=O)NC(C)(C)C)S(=O)(=O)Cc1cccc2ccccc12. The Morgan fingerprint density at radius 1 is 1.09 bits per heavy atom. The number of carbonyl (C=O) groups is 1. The summed E-state index contributed by atoms with van der Waals surface area (Å²) in [5.74, 6) is -0.606. The molecular weight excluding hydrogens is 310 g/mol. The van der Waals surface area contributed by atoms with E-state index >= 15 is 0 Å². The van der Waals surface area contributed by atoms with Crippen molar-refractivity contribution in [3.05, 3.63) is 48.0 Å². The molecule has 1 atom stereocenters. The van der Waals surface area contributed by atoms with Gasteiger partial charge < -0.3 is 5.32 Å². The summed E-state index contributed by atoms with van der Waals surface area (Å²) in [5, 5.41) is 3.54. The Morgan fingerprint density at radius 2 is 1.70 bits per heavy atom. The van der Waals surface area contributed by atoms with Crippen LogP contribution in [-0.4, -0.2) is 25.1 Å². The van der Waals surface area contributed by atoms with E-state index in [0.29, 0.717) is 0 Å². The molecule has 2 aromatic rings. The minimum atomic E-state index is -3.59. The molecule has 2 aromatic carbocycles. The van der Waals surface area contributed by atoms with Crippen LogP contribution in [-0.2, 0) is 20.4 Å². The Hall–Kier alpha value is -1.88. The van der Waals surface area contributed by atoms with Gasteiger partial charge in [0, 0.05) is 5.54 Å². The van der Waals surface area contributed by atoms with Crippen LogP contribution in [0.3, 0.4) is 0 Å². The van der Waals surface area contributed by atoms with Gasteiger partial charge in [0.25, 0.3) is 0 Å². The zero-order valence-electron chi connectivity index (χ0n) is 14.0. The highest BCUT2D eigenvalue weighted by Crippen LogP contribution is 2.22. The van der Waals surface area contributed by atoms with Crippen molar-refractivity contribution in [2.75, 3.05) is 0 Å². The maximum absolute atomic E-state index is 12.6. The molecule has 0 fully saturated rings. The number of nitrogens with one attached hydrogen (secondary N) is 1. The molecule has 0 aromatic heterocycles. The summed E-state index contributed by atoms with van der Waals surface area (Å²) in [7, 11) is -3.59. The molecule has 0 saturated heterocycles. The van der Waals surface area contributed by atoms with Gasteiger partial charge in [-0.2, -0.15) is 0 Å². The number of hydrogen-bond acceptors (Lipinski definition) is 3. The van der Waals surface area contributed by atoms with Crippen molar-refractivity contribution in [3.8, 4) is 0 Å². The molecule has 0 aliphatic rings. The molecule has 23 heavy (non-hydrogen) atoms. The van der Waals surface area contributed by atoms with Crippen LogP contribution in [0.1, 0.15) is 33.3 Å². The zero-order chi connectivity index (χ0) is 17.3. The third kappa shape index (κ3) is 4.32. The molecule has 0 aliphatic carbocycles. The molecule has 0 radical (unpaired) electrons. The molecule has 124 valence electrons. The summed E-state index contributed by atoms with van der Waals surface area (Å²) < 4.78 is 25.2. The molecule has 0 heterocycles. The van der Waals surface area contributed by atoms with E-state index in [9.17, 15) is 13.2 Å². The van der Waals surface area contributed by atoms with E-state index in [2.05, 4.69) is 5.32 Å². The second kappa shape index (κ2) is 6.32. The van der Waals surface area contributed by atoms with Gasteiger partial charge in [-0.1, -0.05) is 42.5 Å². The molecule has 0 bridgehead atoms. The highest BCUT2D eigenvalue weighted by atomic mass is 32.2. The van der Waals surface area contributed by atoms with Crippen LogP contribution in [0.25, 0.3) is 10.8 Å². The third-order valence-electron chi connectivity index (χ3n) is 3.64. The first-order chi connectivity index (χ1) is 10.6. The second-order valence-electron chi connectivity index (χ2n) is 6.83. The Bertz CT molecular complexity index is 814. The lowest BCUT2D eigenvalue weighted by atomic mass is 10.1. The number of carbonyl (C=O) groups excluding carboxylic acids is 1. The minimum absolute atomic E-state index is 0.146. The lowest BCUT2D eigenvalue weighted by Gasteiger charge is -2.23. The highest BCUT2D eigenvalue weighted by Gasteiger charge is 2.30. The smallest absolute Gasteiger partial charge is 0.238 e. The van der Waals surface area contributed by atoms with E-state index in [1.807, 2.05) is 57.2 Å². The van der Waals surface area contributed by atoms with E-state index in [4.69, 9.17) is 0 Å². The zero-order valence-corrected chi connectivity index (χ0v) is 14.8. The highest BCUT2D eigenvalue weighted by molar-refractivity contribution is 7.92. The van der Waals surface area contributed by atoms with E-state index < -0.39 is 26.5 Å². The fraction of sp³-hybridized carbons (Fsp3) is 0.389. The van der Waals surface area contributed by atoms with Gasteiger partial charge in [0.2, 0.25) is 5.91 Å². The number of benzene rings is 2. The van der Waals surface area contributed by atoms with E-state index in [1.54, 1.807) is 6.07 Å². The summed E-state index contributed by atoms with van der Waals surface area (Å²) in [5.41, 5.74) is 0.263. The van der Waals surface area contributed by atoms with Crippen molar-refractivity contribution >= 4 is 26.5 Å². The van der Waals surface area contributed by atoms with Gasteiger partial charge in [0.1, 0.15) is 5.25 Å². The fourth-order valence-electron chi connectivity index (χ4n) is 2.39. The van der Waals surface area contributed by atoms with E-state index in [0.717, 1.165) is 16.3 Å². The first kappa shape index (κ1) is 17.5. The Morgan fingerprint density at radius 3 is 2.35 bits per heavy atom. The van der Waals surface area contributed by atoms with Crippen molar-refractivity contribution in [2.24, 2.45) is 0 Å². The molecule has 5 heteroatoms. The number of rotatable bonds is 4. The molecule has 2 rings (SSSR count). The van der Waals surface area contributed by atoms with Crippen molar-refractivity contribution in [1.82, 2.24) is 5.32 Å². The Balaban J connectivity index is 2.28. The van der Waals surface area contributed by atoms with E-state index in [-0.39, 0.29) is 5.75 Å².